The fourth-order valence-corrected chi connectivity index (χ4v) is 4.66. The summed E-state index contributed by atoms with van der Waals surface area (Å²) < 4.78 is 16.2. The number of morpholine rings is 1. The second-order valence-electron chi connectivity index (χ2n) is 8.84. The van der Waals surface area contributed by atoms with Crippen LogP contribution in [0.3, 0.4) is 0 Å². The Hall–Kier alpha value is -3.62. The second-order valence-corrected chi connectivity index (χ2v) is 8.84. The number of benzene rings is 2. The van der Waals surface area contributed by atoms with Crippen molar-refractivity contribution in [3.63, 3.8) is 0 Å². The van der Waals surface area contributed by atoms with Crippen LogP contribution in [0, 0.1) is 0 Å². The topological polar surface area (TPSA) is 92.6 Å². The van der Waals surface area contributed by atoms with Gasteiger partial charge in [0.1, 0.15) is 31.2 Å². The molecule has 1 atom stereocenters. The number of ether oxygens (including phenoxy) is 3. The van der Waals surface area contributed by atoms with E-state index in [0.29, 0.717) is 35.8 Å². The molecule has 8 heteroatoms. The molecule has 0 radical (unpaired) electrons. The highest BCUT2D eigenvalue weighted by atomic mass is 16.5. The lowest BCUT2D eigenvalue weighted by Crippen LogP contribution is -3.14. The molecule has 2 heterocycles. The Morgan fingerprint density at radius 3 is 2.42 bits per heavy atom. The number of likely N-dealkylation sites (tertiary alicyclic amines) is 1. The highest BCUT2D eigenvalue weighted by Gasteiger charge is 2.44. The van der Waals surface area contributed by atoms with Crippen molar-refractivity contribution in [2.75, 3.05) is 53.1 Å². The lowest BCUT2D eigenvalue weighted by Gasteiger charge is -2.29. The average molecular weight is 493 g/mol. The zero-order chi connectivity index (χ0) is 25.5. The first-order valence-electron chi connectivity index (χ1n) is 12.2. The van der Waals surface area contributed by atoms with Crippen LogP contribution in [-0.2, 0) is 14.3 Å². The molecular weight excluding hydrogens is 460 g/mol. The average Bonchev–Trinajstić information content (AvgIpc) is 3.17. The minimum absolute atomic E-state index is 0.0244. The summed E-state index contributed by atoms with van der Waals surface area (Å²) in [6.07, 6.45) is 2.35. The number of nitrogens with zero attached hydrogens (tertiary/aromatic N) is 1. The van der Waals surface area contributed by atoms with E-state index in [9.17, 15) is 14.7 Å². The lowest BCUT2D eigenvalue weighted by atomic mass is 9.95. The van der Waals surface area contributed by atoms with E-state index in [2.05, 4.69) is 6.58 Å². The van der Waals surface area contributed by atoms with Crippen LogP contribution in [0.4, 0.5) is 0 Å². The third kappa shape index (κ3) is 5.61. The van der Waals surface area contributed by atoms with Gasteiger partial charge in [-0.05, 0) is 35.4 Å². The number of rotatable bonds is 10. The van der Waals surface area contributed by atoms with E-state index < -0.39 is 23.5 Å². The van der Waals surface area contributed by atoms with Gasteiger partial charge < -0.3 is 29.1 Å². The summed E-state index contributed by atoms with van der Waals surface area (Å²) in [6.45, 7) is 8.54. The van der Waals surface area contributed by atoms with Gasteiger partial charge >= 0.3 is 0 Å². The van der Waals surface area contributed by atoms with Crippen molar-refractivity contribution in [2.45, 2.75) is 12.5 Å². The number of methoxy groups -OCH3 is 1. The Bertz CT molecular complexity index is 1100. The number of ketones is 1. The molecule has 2 aromatic carbocycles. The maximum atomic E-state index is 13.6. The van der Waals surface area contributed by atoms with E-state index in [1.807, 2.05) is 0 Å². The van der Waals surface area contributed by atoms with Crippen molar-refractivity contribution in [3.05, 3.63) is 77.9 Å². The number of hydrogen-bond acceptors (Lipinski definition) is 6. The number of carbonyl (C=O) groups excluding carboxylic acids is 2. The first-order valence-corrected chi connectivity index (χ1v) is 12.2. The van der Waals surface area contributed by atoms with E-state index in [1.54, 1.807) is 66.6 Å². The van der Waals surface area contributed by atoms with Crippen LogP contribution in [0.5, 0.6) is 11.5 Å². The number of carbonyl (C=O) groups is 2. The van der Waals surface area contributed by atoms with Gasteiger partial charge in [0, 0.05) is 18.5 Å². The Labute approximate surface area is 211 Å². The summed E-state index contributed by atoms with van der Waals surface area (Å²) in [5.74, 6) is -0.594. The molecule has 0 aromatic heterocycles. The number of hydrogen-bond donors (Lipinski definition) is 1. The fraction of sp³-hybridized carbons (Fsp3) is 0.357. The first kappa shape index (κ1) is 25.5. The van der Waals surface area contributed by atoms with Crippen LogP contribution in [0.2, 0.25) is 0 Å². The van der Waals surface area contributed by atoms with Crippen molar-refractivity contribution >= 4 is 17.4 Å². The minimum atomic E-state index is -0.750. The Kier molecular flexibility index (Phi) is 8.40. The van der Waals surface area contributed by atoms with Crippen LogP contribution in [0.15, 0.2) is 66.8 Å². The number of nitrogens with one attached hydrogen (secondary N) is 1. The van der Waals surface area contributed by atoms with E-state index in [4.69, 9.17) is 14.2 Å². The SMILES string of the molecule is C=CCOc1ccc(/C([O-])=C2\C(=O)C(=O)N(CCC[NH+]3CCOCC3)C2c2ccc(OC)cc2)cc1. The van der Waals surface area contributed by atoms with Gasteiger partial charge in [-0.15, -0.1) is 0 Å². The smallest absolute Gasteiger partial charge is 0.295 e. The first-order chi connectivity index (χ1) is 17.5. The molecule has 0 aliphatic carbocycles. The van der Waals surface area contributed by atoms with Crippen LogP contribution in [-0.4, -0.2) is 69.7 Å². The summed E-state index contributed by atoms with van der Waals surface area (Å²) >= 11 is 0. The Balaban J connectivity index is 1.64. The predicted octanol–water partition coefficient (Wildman–Crippen LogP) is 0.789. The Morgan fingerprint density at radius 1 is 1.11 bits per heavy atom. The molecule has 0 bridgehead atoms. The molecule has 8 nitrogen and oxygen atoms in total. The van der Waals surface area contributed by atoms with Gasteiger partial charge in [-0.1, -0.05) is 42.7 Å². The van der Waals surface area contributed by atoms with Crippen molar-refractivity contribution in [2.24, 2.45) is 0 Å². The maximum Gasteiger partial charge on any atom is 0.295 e. The van der Waals surface area contributed by atoms with Crippen molar-refractivity contribution in [1.82, 2.24) is 4.90 Å². The van der Waals surface area contributed by atoms with Crippen LogP contribution >= 0.6 is 0 Å². The van der Waals surface area contributed by atoms with Crippen molar-refractivity contribution in [1.29, 1.82) is 0 Å². The second kappa shape index (κ2) is 11.9. The van der Waals surface area contributed by atoms with Gasteiger partial charge in [0.25, 0.3) is 5.91 Å². The van der Waals surface area contributed by atoms with Gasteiger partial charge in [-0.25, -0.2) is 0 Å². The highest BCUT2D eigenvalue weighted by Crippen LogP contribution is 2.39. The van der Waals surface area contributed by atoms with E-state index in [1.165, 1.54) is 4.90 Å². The molecule has 2 aromatic rings. The van der Waals surface area contributed by atoms with Gasteiger partial charge in [0.2, 0.25) is 5.78 Å². The molecule has 4 rings (SSSR count). The monoisotopic (exact) mass is 492 g/mol. The number of amides is 1. The fourth-order valence-electron chi connectivity index (χ4n) is 4.66. The minimum Gasteiger partial charge on any atom is -0.872 e. The third-order valence-electron chi connectivity index (χ3n) is 6.57. The quantitative estimate of drug-likeness (QED) is 0.228. The van der Waals surface area contributed by atoms with Crippen molar-refractivity contribution in [3.8, 4) is 11.5 Å². The molecule has 1 unspecified atom stereocenters. The molecule has 1 N–H and O–H groups in total. The zero-order valence-electron chi connectivity index (χ0n) is 20.5. The molecule has 0 spiro atoms. The van der Waals surface area contributed by atoms with Crippen LogP contribution in [0.1, 0.15) is 23.6 Å². The maximum absolute atomic E-state index is 13.6. The predicted molar refractivity (Wildman–Crippen MR) is 133 cm³/mol. The highest BCUT2D eigenvalue weighted by molar-refractivity contribution is 6.46. The standard InChI is InChI=1S/C28H32N2O6/c1-3-17-36-23-11-7-21(8-12-23)26(31)24-25(20-5-9-22(34-2)10-6-20)30(28(33)27(24)32)14-4-13-29-15-18-35-19-16-29/h3,5-12,25,31H,1,4,13-19H2,2H3/b26-24+. The van der Waals surface area contributed by atoms with Gasteiger partial charge in [0.15, 0.2) is 0 Å². The molecule has 36 heavy (non-hydrogen) atoms. The third-order valence-corrected chi connectivity index (χ3v) is 6.57. The molecule has 2 fully saturated rings. The molecule has 1 amide bonds. The summed E-state index contributed by atoms with van der Waals surface area (Å²) in [5, 5.41) is 13.6. The van der Waals surface area contributed by atoms with E-state index in [-0.39, 0.29) is 5.57 Å². The molecular formula is C28H32N2O6. The largest absolute Gasteiger partial charge is 0.872 e. The van der Waals surface area contributed by atoms with E-state index >= 15 is 0 Å². The summed E-state index contributed by atoms with van der Waals surface area (Å²) in [7, 11) is 1.57. The Morgan fingerprint density at radius 2 is 1.78 bits per heavy atom. The van der Waals surface area contributed by atoms with Gasteiger partial charge in [0.05, 0.1) is 32.9 Å². The number of Topliss-reactive ketones (excluding diaryl/α,β-unsaturated/α-hetero) is 1. The number of quaternary nitrogens is 1. The summed E-state index contributed by atoms with van der Waals surface area (Å²) in [5.41, 5.74) is 1.00. The normalized spacial score (nSPS) is 19.9. The summed E-state index contributed by atoms with van der Waals surface area (Å²) in [4.78, 5) is 29.3. The zero-order valence-corrected chi connectivity index (χ0v) is 20.5. The van der Waals surface area contributed by atoms with Gasteiger partial charge in [-0.3, -0.25) is 9.59 Å². The van der Waals surface area contributed by atoms with Gasteiger partial charge in [-0.2, -0.15) is 0 Å². The van der Waals surface area contributed by atoms with Crippen LogP contribution < -0.4 is 19.5 Å². The van der Waals surface area contributed by atoms with Crippen molar-refractivity contribution < 1.29 is 33.8 Å². The molecule has 0 saturated carbocycles. The molecule has 2 saturated heterocycles. The molecule has 2 aliphatic heterocycles. The summed E-state index contributed by atoms with van der Waals surface area (Å²) in [6, 6.07) is 13.0. The molecule has 2 aliphatic rings. The molecule has 190 valence electrons. The van der Waals surface area contributed by atoms with Crippen LogP contribution in [0.25, 0.3) is 5.76 Å². The van der Waals surface area contributed by atoms with E-state index in [0.717, 1.165) is 39.3 Å². The lowest BCUT2D eigenvalue weighted by molar-refractivity contribution is -0.908.